The van der Waals surface area contributed by atoms with Gasteiger partial charge in [0.15, 0.2) is 0 Å². The Balaban J connectivity index is 2.48. The van der Waals surface area contributed by atoms with Crippen molar-refractivity contribution in [3.05, 3.63) is 0 Å². The van der Waals surface area contributed by atoms with E-state index in [1.807, 2.05) is 13.8 Å². The minimum atomic E-state index is -0.473. The predicted octanol–water partition coefficient (Wildman–Crippen LogP) is 2.48. The molecular weight excluding hydrogens is 202 g/mol. The van der Waals surface area contributed by atoms with E-state index in [-0.39, 0.29) is 18.0 Å². The van der Waals surface area contributed by atoms with E-state index in [4.69, 9.17) is 10.5 Å². The third-order valence-corrected chi connectivity index (χ3v) is 3.62. The molecule has 1 rings (SSSR count). The van der Waals surface area contributed by atoms with Gasteiger partial charge in [0, 0.05) is 0 Å². The molecule has 3 atom stereocenters. The molecule has 0 spiro atoms. The summed E-state index contributed by atoms with van der Waals surface area (Å²) in [4.78, 5) is 11.8. The molecule has 1 aliphatic rings. The minimum Gasteiger partial charge on any atom is -0.461 e. The van der Waals surface area contributed by atoms with Crippen LogP contribution >= 0.6 is 0 Å². The molecule has 0 aliphatic heterocycles. The second kappa shape index (κ2) is 6.24. The average molecular weight is 227 g/mol. The fourth-order valence-electron chi connectivity index (χ4n) is 2.30. The van der Waals surface area contributed by atoms with Crippen molar-refractivity contribution in [3.63, 3.8) is 0 Å². The van der Waals surface area contributed by atoms with Crippen molar-refractivity contribution < 1.29 is 9.53 Å². The largest absolute Gasteiger partial charge is 0.461 e. The van der Waals surface area contributed by atoms with E-state index >= 15 is 0 Å². The second-order valence-corrected chi connectivity index (χ2v) is 5.20. The van der Waals surface area contributed by atoms with Crippen LogP contribution in [0.15, 0.2) is 0 Å². The van der Waals surface area contributed by atoms with Crippen LogP contribution in [0.25, 0.3) is 0 Å². The van der Waals surface area contributed by atoms with Crippen LogP contribution in [0.1, 0.15) is 52.9 Å². The Kier molecular flexibility index (Phi) is 5.26. The number of hydrogen-bond donors (Lipinski definition) is 1. The van der Waals surface area contributed by atoms with Crippen LogP contribution in [0, 0.1) is 11.8 Å². The zero-order valence-corrected chi connectivity index (χ0v) is 10.7. The highest BCUT2D eigenvalue weighted by molar-refractivity contribution is 5.75. The summed E-state index contributed by atoms with van der Waals surface area (Å²) in [6, 6.07) is -0.473. The number of nitrogens with two attached hydrogens (primary N) is 1. The molecule has 0 aromatic heterocycles. The number of hydrogen-bond acceptors (Lipinski definition) is 3. The Bertz CT molecular complexity index is 228. The predicted molar refractivity (Wildman–Crippen MR) is 64.9 cm³/mol. The Morgan fingerprint density at radius 3 is 2.56 bits per heavy atom. The molecule has 2 N–H and O–H groups in total. The van der Waals surface area contributed by atoms with Crippen molar-refractivity contribution in [1.82, 2.24) is 0 Å². The molecular formula is C13H25NO2. The molecule has 0 heterocycles. The van der Waals surface area contributed by atoms with Gasteiger partial charge in [0.1, 0.15) is 12.1 Å². The quantitative estimate of drug-likeness (QED) is 0.751. The second-order valence-electron chi connectivity index (χ2n) is 5.20. The van der Waals surface area contributed by atoms with E-state index in [0.29, 0.717) is 5.92 Å². The number of carbonyl (C=O) groups excluding carboxylic acids is 1. The molecule has 94 valence electrons. The molecule has 3 heteroatoms. The third kappa shape index (κ3) is 3.48. The summed E-state index contributed by atoms with van der Waals surface area (Å²) >= 11 is 0. The van der Waals surface area contributed by atoms with E-state index < -0.39 is 6.04 Å². The number of esters is 1. The molecule has 0 radical (unpaired) electrons. The first-order chi connectivity index (χ1) is 7.56. The van der Waals surface area contributed by atoms with Crippen molar-refractivity contribution in [1.29, 1.82) is 0 Å². The Morgan fingerprint density at radius 1 is 1.38 bits per heavy atom. The van der Waals surface area contributed by atoms with E-state index in [2.05, 4.69) is 6.92 Å². The van der Waals surface area contributed by atoms with Crippen LogP contribution in [0.3, 0.4) is 0 Å². The molecule has 3 unspecified atom stereocenters. The monoisotopic (exact) mass is 227 g/mol. The molecule has 1 fully saturated rings. The maximum atomic E-state index is 11.8. The van der Waals surface area contributed by atoms with Crippen LogP contribution in [-0.2, 0) is 9.53 Å². The fraction of sp³-hybridized carbons (Fsp3) is 0.923. The first-order valence-corrected chi connectivity index (χ1v) is 6.52. The minimum absolute atomic E-state index is 0.107. The van der Waals surface area contributed by atoms with Crippen molar-refractivity contribution >= 4 is 5.97 Å². The molecule has 0 amide bonds. The van der Waals surface area contributed by atoms with E-state index in [0.717, 1.165) is 12.8 Å². The van der Waals surface area contributed by atoms with Crippen molar-refractivity contribution in [3.8, 4) is 0 Å². The van der Waals surface area contributed by atoms with Crippen molar-refractivity contribution in [2.75, 3.05) is 0 Å². The number of rotatable bonds is 4. The molecule has 16 heavy (non-hydrogen) atoms. The number of ether oxygens (including phenoxy) is 1. The molecule has 0 bridgehead atoms. The van der Waals surface area contributed by atoms with Gasteiger partial charge in [-0.2, -0.15) is 0 Å². The normalized spacial score (nSPS) is 27.8. The van der Waals surface area contributed by atoms with Gasteiger partial charge in [-0.3, -0.25) is 4.79 Å². The maximum absolute atomic E-state index is 11.8. The summed E-state index contributed by atoms with van der Waals surface area (Å²) < 4.78 is 5.55. The Morgan fingerprint density at radius 2 is 2.00 bits per heavy atom. The van der Waals surface area contributed by atoms with E-state index in [1.54, 1.807) is 0 Å². The fourth-order valence-corrected chi connectivity index (χ4v) is 2.30. The zero-order valence-electron chi connectivity index (χ0n) is 10.7. The highest BCUT2D eigenvalue weighted by Gasteiger charge is 2.29. The lowest BCUT2D eigenvalue weighted by atomic mass is 9.84. The smallest absolute Gasteiger partial charge is 0.323 e. The maximum Gasteiger partial charge on any atom is 0.323 e. The molecule has 3 nitrogen and oxygen atoms in total. The summed E-state index contributed by atoms with van der Waals surface area (Å²) in [6.07, 6.45) is 5.83. The Labute approximate surface area is 98.7 Å². The SMILES string of the molecule is CCC1CCCCC1OC(=O)C(N)C(C)C. The summed E-state index contributed by atoms with van der Waals surface area (Å²) in [5.41, 5.74) is 5.79. The van der Waals surface area contributed by atoms with Gasteiger partial charge in [-0.25, -0.2) is 0 Å². The highest BCUT2D eigenvalue weighted by atomic mass is 16.5. The van der Waals surface area contributed by atoms with Gasteiger partial charge >= 0.3 is 5.97 Å². The zero-order chi connectivity index (χ0) is 12.1. The standard InChI is InChI=1S/C13H25NO2/c1-4-10-7-5-6-8-11(10)16-13(15)12(14)9(2)3/h9-12H,4-8,14H2,1-3H3. The third-order valence-electron chi connectivity index (χ3n) is 3.62. The average Bonchev–Trinajstić information content (AvgIpc) is 2.28. The van der Waals surface area contributed by atoms with Gasteiger partial charge in [-0.05, 0) is 37.5 Å². The molecule has 1 saturated carbocycles. The van der Waals surface area contributed by atoms with Gasteiger partial charge in [-0.1, -0.05) is 27.2 Å². The van der Waals surface area contributed by atoms with Gasteiger partial charge in [-0.15, -0.1) is 0 Å². The number of carbonyl (C=O) groups is 1. The van der Waals surface area contributed by atoms with E-state index in [9.17, 15) is 4.79 Å². The van der Waals surface area contributed by atoms with E-state index in [1.165, 1.54) is 19.3 Å². The van der Waals surface area contributed by atoms with Crippen LogP contribution < -0.4 is 5.73 Å². The Hall–Kier alpha value is -0.570. The first kappa shape index (κ1) is 13.5. The van der Waals surface area contributed by atoms with Gasteiger partial charge in [0.2, 0.25) is 0 Å². The topological polar surface area (TPSA) is 52.3 Å². The molecule has 0 aromatic carbocycles. The lowest BCUT2D eigenvalue weighted by Crippen LogP contribution is -2.41. The van der Waals surface area contributed by atoms with Crippen LogP contribution in [0.5, 0.6) is 0 Å². The molecule has 0 saturated heterocycles. The van der Waals surface area contributed by atoms with Crippen molar-refractivity contribution in [2.24, 2.45) is 17.6 Å². The van der Waals surface area contributed by atoms with Gasteiger partial charge in [0.05, 0.1) is 0 Å². The van der Waals surface area contributed by atoms with Crippen LogP contribution in [0.2, 0.25) is 0 Å². The molecule has 0 aromatic rings. The van der Waals surface area contributed by atoms with Crippen molar-refractivity contribution in [2.45, 2.75) is 65.0 Å². The van der Waals surface area contributed by atoms with Gasteiger partial charge < -0.3 is 10.5 Å². The summed E-state index contributed by atoms with van der Waals surface area (Å²) in [5, 5.41) is 0. The summed E-state index contributed by atoms with van der Waals surface area (Å²) in [5.74, 6) is 0.466. The van der Waals surface area contributed by atoms with Crippen LogP contribution in [0.4, 0.5) is 0 Å². The summed E-state index contributed by atoms with van der Waals surface area (Å²) in [6.45, 7) is 6.06. The molecule has 1 aliphatic carbocycles. The highest BCUT2D eigenvalue weighted by Crippen LogP contribution is 2.29. The lowest BCUT2D eigenvalue weighted by molar-refractivity contribution is -0.156. The van der Waals surface area contributed by atoms with Crippen LogP contribution in [-0.4, -0.2) is 18.1 Å². The summed E-state index contributed by atoms with van der Waals surface area (Å²) in [7, 11) is 0. The van der Waals surface area contributed by atoms with Gasteiger partial charge in [0.25, 0.3) is 0 Å². The lowest BCUT2D eigenvalue weighted by Gasteiger charge is -2.31. The first-order valence-electron chi connectivity index (χ1n) is 6.52.